The lowest BCUT2D eigenvalue weighted by Gasteiger charge is -2.34. The zero-order valence-electron chi connectivity index (χ0n) is 46.4. The zero-order chi connectivity index (χ0) is 55.9. The molecule has 4 aromatic heterocycles. The van der Waals surface area contributed by atoms with E-state index in [1.54, 1.807) is 0 Å². The van der Waals surface area contributed by atoms with Crippen molar-refractivity contribution in [1.29, 1.82) is 0 Å². The highest BCUT2D eigenvalue weighted by molar-refractivity contribution is 5.89. The van der Waals surface area contributed by atoms with Gasteiger partial charge in [0.2, 0.25) is 11.8 Å². The predicted molar refractivity (Wildman–Crippen MR) is 322 cm³/mol. The number of likely N-dealkylation sites (N-methyl/N-ethyl adjacent to an activating group) is 2. The molecule has 2 amide bonds. The van der Waals surface area contributed by atoms with E-state index in [1.807, 2.05) is 72.8 Å². The molecule has 2 aliphatic rings. The van der Waals surface area contributed by atoms with E-state index >= 15 is 0 Å². The second kappa shape index (κ2) is 24.3. The number of nitrogens with one attached hydrogen (secondary N) is 6. The maximum atomic E-state index is 12.6. The van der Waals surface area contributed by atoms with Crippen molar-refractivity contribution in [2.75, 3.05) is 103 Å². The SMILES string of the molecule is CN1CCN(c2ccc3nc(-c4ccc5nc(-c6cccc(OCCCC(=O)NCCCC(=O)CNC(=O)CCCOc7cccc(-c8nc9ccc(-c%10nc%11ccc(N%12CCN(C)CC%12)cc%11[nH]%10)cc9[nH]8)c7)c6)[nH]c5c4)[nH]c3c2)CC1. The first-order chi connectivity index (χ1) is 40.1. The van der Waals surface area contributed by atoms with Crippen molar-refractivity contribution in [3.63, 3.8) is 0 Å². The van der Waals surface area contributed by atoms with Gasteiger partial charge >= 0.3 is 0 Å². The van der Waals surface area contributed by atoms with Gasteiger partial charge in [-0.05, 0) is 130 Å². The summed E-state index contributed by atoms with van der Waals surface area (Å²) in [6.45, 7) is 9.26. The molecule has 6 heterocycles. The molecule has 0 atom stereocenters. The largest absolute Gasteiger partial charge is 0.494 e. The highest BCUT2D eigenvalue weighted by Crippen LogP contribution is 2.32. The third-order valence-electron chi connectivity index (χ3n) is 15.5. The molecule has 0 spiro atoms. The third-order valence-corrected chi connectivity index (χ3v) is 15.5. The third kappa shape index (κ3) is 12.8. The van der Waals surface area contributed by atoms with Gasteiger partial charge in [0, 0.05) is 112 Å². The van der Waals surface area contributed by atoms with Crippen LogP contribution in [0.15, 0.2) is 121 Å². The van der Waals surface area contributed by atoms with Gasteiger partial charge in [0.25, 0.3) is 0 Å². The Balaban J connectivity index is 0.524. The number of aromatic nitrogens is 8. The standard InChI is InChI=1S/C63H68N14O5/c1-74-24-28-76(29-25-74)45-17-21-52-56(38-45)72-62(68-52)43-15-19-50-54(36-43)70-60(66-50)41-8-3-11-48(34-41)81-32-6-13-58(79)64-23-5-10-47(78)40-65-59(80)14-7-33-82-49-12-4-9-42(35-49)61-67-51-20-16-44(37-55(51)71-61)63-69-53-22-18-46(39-57(53)73-63)77-30-26-75(2)27-31-77/h3-4,8-9,11-12,15-22,34-39H,5-7,10,13-14,23-33,40H2,1-2H3,(H,64,79)(H,65,80)(H,66,70)(H,67,71)(H,68,72)(H,69,73). The fraction of sp³-hybridized carbons (Fsp3) is 0.317. The summed E-state index contributed by atoms with van der Waals surface area (Å²) in [6, 6.07) is 40.6. The van der Waals surface area contributed by atoms with Crippen molar-refractivity contribution in [1.82, 2.24) is 60.3 Å². The molecule has 2 aliphatic heterocycles. The topological polar surface area (TPSA) is 221 Å². The Hall–Kier alpha value is -9.07. The van der Waals surface area contributed by atoms with Crippen LogP contribution in [-0.4, -0.2) is 160 Å². The molecule has 0 bridgehead atoms. The number of aromatic amines is 4. The Kier molecular flexibility index (Phi) is 15.9. The molecule has 0 unspecified atom stereocenters. The van der Waals surface area contributed by atoms with Gasteiger partial charge in [0.1, 0.15) is 34.8 Å². The van der Waals surface area contributed by atoms with Crippen LogP contribution in [0.1, 0.15) is 38.5 Å². The number of ketones is 1. The van der Waals surface area contributed by atoms with Gasteiger partial charge in [-0.15, -0.1) is 0 Å². The number of carbonyl (C=O) groups excluding carboxylic acids is 3. The molecule has 10 aromatic rings. The first-order valence-electron chi connectivity index (χ1n) is 28.5. The summed E-state index contributed by atoms with van der Waals surface area (Å²) >= 11 is 0. The van der Waals surface area contributed by atoms with Gasteiger partial charge in [-0.1, -0.05) is 24.3 Å². The van der Waals surface area contributed by atoms with Crippen LogP contribution in [0.2, 0.25) is 0 Å². The number of ether oxygens (including phenoxy) is 2. The number of H-pyrrole nitrogens is 4. The molecule has 0 saturated carbocycles. The van der Waals surface area contributed by atoms with Gasteiger partial charge in [-0.3, -0.25) is 14.4 Å². The lowest BCUT2D eigenvalue weighted by Crippen LogP contribution is -2.44. The number of nitrogens with zero attached hydrogens (tertiary/aromatic N) is 8. The normalized spacial score (nSPS) is 14.3. The van der Waals surface area contributed by atoms with E-state index in [2.05, 4.69) is 113 Å². The second-order valence-corrected chi connectivity index (χ2v) is 21.5. The maximum Gasteiger partial charge on any atom is 0.220 e. The Morgan fingerprint density at radius 1 is 0.451 bits per heavy atom. The molecular formula is C63H68N14O5. The Bertz CT molecular complexity index is 3900. The molecule has 6 aromatic carbocycles. The number of rotatable bonds is 22. The number of hydrogen-bond donors (Lipinski definition) is 6. The van der Waals surface area contributed by atoms with Crippen molar-refractivity contribution < 1.29 is 23.9 Å². The molecule has 6 N–H and O–H groups in total. The Morgan fingerprint density at radius 3 is 1.30 bits per heavy atom. The van der Waals surface area contributed by atoms with Crippen LogP contribution in [0.3, 0.4) is 0 Å². The minimum Gasteiger partial charge on any atom is -0.494 e. The monoisotopic (exact) mass is 1100 g/mol. The van der Waals surface area contributed by atoms with Crippen LogP contribution < -0.4 is 29.9 Å². The average molecular weight is 1100 g/mol. The fourth-order valence-electron chi connectivity index (χ4n) is 10.7. The van der Waals surface area contributed by atoms with E-state index in [0.29, 0.717) is 56.9 Å². The first-order valence-corrected chi connectivity index (χ1v) is 28.5. The number of Topliss-reactive ketones (excluding diaryl/α,β-unsaturated/α-hetero) is 1. The first kappa shape index (κ1) is 53.6. The minimum atomic E-state index is -0.216. The molecule has 2 saturated heterocycles. The molecule has 82 heavy (non-hydrogen) atoms. The number of fused-ring (bicyclic) bond motifs is 4. The lowest BCUT2D eigenvalue weighted by atomic mass is 10.2. The minimum absolute atomic E-state index is 0.0527. The highest BCUT2D eigenvalue weighted by atomic mass is 16.5. The van der Waals surface area contributed by atoms with E-state index in [4.69, 9.17) is 29.4 Å². The number of benzene rings is 6. The number of piperazine rings is 2. The van der Waals surface area contributed by atoms with Crippen molar-refractivity contribution in [3.05, 3.63) is 121 Å². The van der Waals surface area contributed by atoms with Crippen LogP contribution in [0, 0.1) is 0 Å². The van der Waals surface area contributed by atoms with Crippen LogP contribution in [-0.2, 0) is 14.4 Å². The van der Waals surface area contributed by atoms with E-state index in [-0.39, 0.29) is 37.0 Å². The van der Waals surface area contributed by atoms with E-state index in [0.717, 1.165) is 142 Å². The Labute approximate surface area is 474 Å². The van der Waals surface area contributed by atoms with Gasteiger partial charge < -0.3 is 59.6 Å². The molecule has 12 rings (SSSR count). The molecule has 0 radical (unpaired) electrons. The molecule has 19 nitrogen and oxygen atoms in total. The number of carbonyl (C=O) groups is 3. The van der Waals surface area contributed by atoms with Crippen molar-refractivity contribution in [2.24, 2.45) is 0 Å². The quantitative estimate of drug-likeness (QED) is 0.0350. The average Bonchev–Trinajstić information content (AvgIpc) is 4.53. The molecule has 0 aliphatic carbocycles. The number of amides is 2. The summed E-state index contributed by atoms with van der Waals surface area (Å²) in [4.78, 5) is 80.8. The molecule has 2 fully saturated rings. The summed E-state index contributed by atoms with van der Waals surface area (Å²) in [5.74, 6) is 3.99. The second-order valence-electron chi connectivity index (χ2n) is 21.5. The predicted octanol–water partition coefficient (Wildman–Crippen LogP) is 8.96. The zero-order valence-corrected chi connectivity index (χ0v) is 46.4. The van der Waals surface area contributed by atoms with Gasteiger partial charge in [-0.2, -0.15) is 0 Å². The van der Waals surface area contributed by atoms with Crippen LogP contribution in [0.25, 0.3) is 89.7 Å². The smallest absolute Gasteiger partial charge is 0.220 e. The number of imidazole rings is 4. The van der Waals surface area contributed by atoms with Crippen LogP contribution >= 0.6 is 0 Å². The summed E-state index contributed by atoms with van der Waals surface area (Å²) < 4.78 is 12.1. The maximum absolute atomic E-state index is 12.6. The van der Waals surface area contributed by atoms with Crippen molar-refractivity contribution in [2.45, 2.75) is 38.5 Å². The molecular weight excluding hydrogens is 1030 g/mol. The van der Waals surface area contributed by atoms with Crippen molar-refractivity contribution in [3.8, 4) is 57.1 Å². The fourth-order valence-corrected chi connectivity index (χ4v) is 10.7. The summed E-state index contributed by atoms with van der Waals surface area (Å²) in [6.07, 6.45) is 2.25. The Morgan fingerprint density at radius 2 is 0.854 bits per heavy atom. The van der Waals surface area contributed by atoms with E-state index < -0.39 is 0 Å². The lowest BCUT2D eigenvalue weighted by molar-refractivity contribution is -0.125. The van der Waals surface area contributed by atoms with E-state index in [9.17, 15) is 14.4 Å². The summed E-state index contributed by atoms with van der Waals surface area (Å²) in [5.41, 5.74) is 13.5. The molecule has 19 heteroatoms. The van der Waals surface area contributed by atoms with E-state index in [1.165, 1.54) is 11.4 Å². The van der Waals surface area contributed by atoms with Crippen LogP contribution in [0.5, 0.6) is 11.5 Å². The number of anilines is 2. The summed E-state index contributed by atoms with van der Waals surface area (Å²) in [7, 11) is 4.33. The highest BCUT2D eigenvalue weighted by Gasteiger charge is 2.19. The van der Waals surface area contributed by atoms with Gasteiger partial charge in [0.05, 0.1) is 63.9 Å². The van der Waals surface area contributed by atoms with Gasteiger partial charge in [0.15, 0.2) is 5.78 Å². The number of hydrogen-bond acceptors (Lipinski definition) is 13. The van der Waals surface area contributed by atoms with Crippen LogP contribution in [0.4, 0.5) is 11.4 Å². The summed E-state index contributed by atoms with van der Waals surface area (Å²) in [5, 5.41) is 5.61. The molecule has 420 valence electrons. The van der Waals surface area contributed by atoms with Gasteiger partial charge in [-0.25, -0.2) is 19.9 Å². The van der Waals surface area contributed by atoms with Crippen molar-refractivity contribution >= 4 is 73.1 Å².